The van der Waals surface area contributed by atoms with E-state index in [1.54, 1.807) is 0 Å². The smallest absolute Gasteiger partial charge is 0.121 e. The van der Waals surface area contributed by atoms with Crippen LogP contribution in [-0.4, -0.2) is 28.9 Å². The number of hydrogen-bond donors (Lipinski definition) is 1. The molecule has 1 fully saturated rings. The summed E-state index contributed by atoms with van der Waals surface area (Å²) in [6.45, 7) is 2.02. The van der Waals surface area contributed by atoms with Crippen molar-refractivity contribution in [1.82, 2.24) is 4.90 Å². The third-order valence-electron chi connectivity index (χ3n) is 4.48. The molecule has 0 aliphatic carbocycles. The highest BCUT2D eigenvalue weighted by molar-refractivity contribution is 5.91. The Morgan fingerprint density at radius 1 is 1.15 bits per heavy atom. The maximum absolute atomic E-state index is 10.4. The highest BCUT2D eigenvalue weighted by atomic mass is 16.3. The Kier molecular flexibility index (Phi) is 2.66. The van der Waals surface area contributed by atoms with Gasteiger partial charge in [0.15, 0.2) is 0 Å². The van der Waals surface area contributed by atoms with Gasteiger partial charge in [0.2, 0.25) is 0 Å². The first kappa shape index (κ1) is 11.8. The lowest BCUT2D eigenvalue weighted by molar-refractivity contribution is 0.321. The van der Waals surface area contributed by atoms with Gasteiger partial charge in [-0.1, -0.05) is 30.3 Å². The average molecular weight is 266 g/mol. The van der Waals surface area contributed by atoms with E-state index >= 15 is 0 Å². The van der Waals surface area contributed by atoms with Gasteiger partial charge in [-0.3, -0.25) is 4.99 Å². The monoisotopic (exact) mass is 266 g/mol. The van der Waals surface area contributed by atoms with Crippen LogP contribution in [0.15, 0.2) is 41.4 Å². The van der Waals surface area contributed by atoms with Gasteiger partial charge in [0.1, 0.15) is 5.75 Å². The molecule has 0 radical (unpaired) electrons. The van der Waals surface area contributed by atoms with Crippen LogP contribution in [0.25, 0.3) is 10.8 Å². The predicted molar refractivity (Wildman–Crippen MR) is 81.2 cm³/mol. The quantitative estimate of drug-likeness (QED) is 0.857. The fourth-order valence-corrected chi connectivity index (χ4v) is 3.58. The SMILES string of the molecule is Oc1ccc2ccccc2c1[C@@H]1CCC2=NCCCN21. The van der Waals surface area contributed by atoms with Crippen LogP contribution in [0.1, 0.15) is 30.9 Å². The Bertz CT molecular complexity index is 692. The molecule has 0 unspecified atom stereocenters. The standard InChI is InChI=1S/C17H18N2O/c20-15-8-6-12-4-1-2-5-13(12)17(15)14-7-9-16-18-10-3-11-19(14)16/h1-2,4-6,8,14,20H,3,7,9-11H2/t14-/m0/s1. The molecule has 0 bridgehead atoms. The lowest BCUT2D eigenvalue weighted by atomic mass is 9.96. The van der Waals surface area contributed by atoms with Gasteiger partial charge in [0.05, 0.1) is 11.9 Å². The summed E-state index contributed by atoms with van der Waals surface area (Å²) in [5.41, 5.74) is 1.08. The van der Waals surface area contributed by atoms with E-state index in [1.807, 2.05) is 24.3 Å². The molecule has 1 atom stereocenters. The Labute approximate surface area is 118 Å². The molecular formula is C17H18N2O. The molecule has 1 N–H and O–H groups in total. The molecule has 2 aromatic carbocycles. The number of nitrogens with zero attached hydrogens (tertiary/aromatic N) is 2. The minimum absolute atomic E-state index is 0.278. The summed E-state index contributed by atoms with van der Waals surface area (Å²) in [6.07, 6.45) is 3.21. The summed E-state index contributed by atoms with van der Waals surface area (Å²) in [7, 11) is 0. The van der Waals surface area contributed by atoms with Crippen molar-refractivity contribution >= 4 is 16.6 Å². The third kappa shape index (κ3) is 1.69. The number of amidine groups is 1. The van der Waals surface area contributed by atoms with Gasteiger partial charge in [-0.2, -0.15) is 0 Å². The minimum atomic E-state index is 0.278. The Morgan fingerprint density at radius 3 is 3.00 bits per heavy atom. The van der Waals surface area contributed by atoms with Crippen molar-refractivity contribution in [3.63, 3.8) is 0 Å². The zero-order valence-electron chi connectivity index (χ0n) is 11.4. The van der Waals surface area contributed by atoms with Crippen molar-refractivity contribution in [2.24, 2.45) is 4.99 Å². The van der Waals surface area contributed by atoms with E-state index in [0.29, 0.717) is 5.75 Å². The lowest BCUT2D eigenvalue weighted by Crippen LogP contribution is -2.32. The fourth-order valence-electron chi connectivity index (χ4n) is 3.58. The normalized spacial score (nSPS) is 21.9. The molecule has 2 heterocycles. The summed E-state index contributed by atoms with van der Waals surface area (Å²) < 4.78 is 0. The van der Waals surface area contributed by atoms with Gasteiger partial charge in [0.25, 0.3) is 0 Å². The van der Waals surface area contributed by atoms with E-state index in [1.165, 1.54) is 16.6 Å². The summed E-state index contributed by atoms with van der Waals surface area (Å²) in [5, 5.41) is 12.8. The van der Waals surface area contributed by atoms with E-state index in [-0.39, 0.29) is 6.04 Å². The van der Waals surface area contributed by atoms with Crippen LogP contribution in [0.3, 0.4) is 0 Å². The average Bonchev–Trinajstić information content (AvgIpc) is 2.91. The van der Waals surface area contributed by atoms with Crippen LogP contribution in [-0.2, 0) is 0 Å². The zero-order valence-corrected chi connectivity index (χ0v) is 11.4. The number of aromatic hydroxyl groups is 1. The molecule has 4 rings (SSSR count). The molecule has 0 amide bonds. The molecule has 2 aromatic rings. The summed E-state index contributed by atoms with van der Waals surface area (Å²) in [6, 6.07) is 12.4. The first-order valence-corrected chi connectivity index (χ1v) is 7.35. The second-order valence-corrected chi connectivity index (χ2v) is 5.62. The molecule has 0 aromatic heterocycles. The first-order valence-electron chi connectivity index (χ1n) is 7.35. The van der Waals surface area contributed by atoms with Gasteiger partial charge >= 0.3 is 0 Å². The Balaban J connectivity index is 1.88. The van der Waals surface area contributed by atoms with Gasteiger partial charge in [0, 0.05) is 25.1 Å². The van der Waals surface area contributed by atoms with E-state index in [0.717, 1.165) is 37.9 Å². The van der Waals surface area contributed by atoms with Crippen LogP contribution in [0.2, 0.25) is 0 Å². The van der Waals surface area contributed by atoms with E-state index in [4.69, 9.17) is 0 Å². The topological polar surface area (TPSA) is 35.8 Å². The number of rotatable bonds is 1. The molecule has 102 valence electrons. The van der Waals surface area contributed by atoms with Crippen LogP contribution < -0.4 is 0 Å². The van der Waals surface area contributed by atoms with Crippen molar-refractivity contribution in [2.45, 2.75) is 25.3 Å². The van der Waals surface area contributed by atoms with E-state index < -0.39 is 0 Å². The van der Waals surface area contributed by atoms with Crippen LogP contribution in [0.4, 0.5) is 0 Å². The summed E-state index contributed by atoms with van der Waals surface area (Å²) >= 11 is 0. The van der Waals surface area contributed by atoms with Crippen LogP contribution in [0.5, 0.6) is 5.75 Å². The number of hydrogen-bond acceptors (Lipinski definition) is 3. The van der Waals surface area contributed by atoms with Gasteiger partial charge in [-0.25, -0.2) is 0 Å². The van der Waals surface area contributed by atoms with Gasteiger partial charge in [-0.15, -0.1) is 0 Å². The Hall–Kier alpha value is -2.03. The number of aliphatic imine (C=N–C) groups is 1. The molecule has 0 spiro atoms. The molecule has 2 aliphatic heterocycles. The molecular weight excluding hydrogens is 248 g/mol. The maximum Gasteiger partial charge on any atom is 0.121 e. The molecule has 0 saturated carbocycles. The van der Waals surface area contributed by atoms with Crippen molar-refractivity contribution in [1.29, 1.82) is 0 Å². The predicted octanol–water partition coefficient (Wildman–Crippen LogP) is 3.48. The number of fused-ring (bicyclic) bond motifs is 2. The second-order valence-electron chi connectivity index (χ2n) is 5.62. The van der Waals surface area contributed by atoms with Crippen LogP contribution >= 0.6 is 0 Å². The molecule has 1 saturated heterocycles. The lowest BCUT2D eigenvalue weighted by Gasteiger charge is -2.30. The third-order valence-corrected chi connectivity index (χ3v) is 4.48. The van der Waals surface area contributed by atoms with E-state index in [9.17, 15) is 5.11 Å². The minimum Gasteiger partial charge on any atom is -0.508 e. The molecule has 3 nitrogen and oxygen atoms in total. The van der Waals surface area contributed by atoms with E-state index in [2.05, 4.69) is 22.0 Å². The maximum atomic E-state index is 10.4. The van der Waals surface area contributed by atoms with Crippen molar-refractivity contribution in [2.75, 3.05) is 13.1 Å². The van der Waals surface area contributed by atoms with Gasteiger partial charge < -0.3 is 10.0 Å². The van der Waals surface area contributed by atoms with Crippen molar-refractivity contribution in [3.05, 3.63) is 42.0 Å². The molecule has 20 heavy (non-hydrogen) atoms. The Morgan fingerprint density at radius 2 is 2.05 bits per heavy atom. The number of phenols is 1. The highest BCUT2D eigenvalue weighted by Gasteiger charge is 2.33. The number of phenolic OH excluding ortho intramolecular Hbond substituents is 1. The van der Waals surface area contributed by atoms with Crippen molar-refractivity contribution < 1.29 is 5.11 Å². The zero-order chi connectivity index (χ0) is 13.5. The largest absolute Gasteiger partial charge is 0.508 e. The van der Waals surface area contributed by atoms with Gasteiger partial charge in [-0.05, 0) is 29.7 Å². The fraction of sp³-hybridized carbons (Fsp3) is 0.353. The first-order chi connectivity index (χ1) is 9.84. The summed E-state index contributed by atoms with van der Waals surface area (Å²) in [4.78, 5) is 7.03. The highest BCUT2D eigenvalue weighted by Crippen LogP contribution is 2.42. The number of benzene rings is 2. The molecule has 3 heteroatoms. The molecule has 2 aliphatic rings. The van der Waals surface area contributed by atoms with Crippen molar-refractivity contribution in [3.8, 4) is 5.75 Å². The van der Waals surface area contributed by atoms with Crippen LogP contribution in [0, 0.1) is 0 Å². The summed E-state index contributed by atoms with van der Waals surface area (Å²) in [5.74, 6) is 1.65. The second kappa shape index (κ2) is 4.51.